The lowest BCUT2D eigenvalue weighted by molar-refractivity contribution is -0.132. The van der Waals surface area contributed by atoms with Crippen molar-refractivity contribution >= 4 is 17.5 Å². The molecule has 6 nitrogen and oxygen atoms in total. The highest BCUT2D eigenvalue weighted by molar-refractivity contribution is 6.30. The van der Waals surface area contributed by atoms with E-state index < -0.39 is 0 Å². The van der Waals surface area contributed by atoms with Gasteiger partial charge in [-0.15, -0.1) is 0 Å². The quantitative estimate of drug-likeness (QED) is 0.739. The van der Waals surface area contributed by atoms with Crippen molar-refractivity contribution in [1.82, 2.24) is 19.7 Å². The topological polar surface area (TPSA) is 71.0 Å². The summed E-state index contributed by atoms with van der Waals surface area (Å²) in [4.78, 5) is 26.4. The molecule has 0 unspecified atom stereocenters. The Labute approximate surface area is 167 Å². The summed E-state index contributed by atoms with van der Waals surface area (Å²) in [7, 11) is 0. The highest BCUT2D eigenvalue weighted by Gasteiger charge is 2.26. The highest BCUT2D eigenvalue weighted by Crippen LogP contribution is 2.29. The van der Waals surface area contributed by atoms with Crippen LogP contribution in [-0.4, -0.2) is 32.1 Å². The summed E-state index contributed by atoms with van der Waals surface area (Å²) in [5.74, 6) is 0.0266. The molecule has 0 saturated heterocycles. The lowest BCUT2D eigenvalue weighted by Gasteiger charge is -2.28. The second-order valence-electron chi connectivity index (χ2n) is 7.16. The number of pyridine rings is 1. The van der Waals surface area contributed by atoms with Gasteiger partial charge in [-0.1, -0.05) is 23.7 Å². The van der Waals surface area contributed by atoms with Gasteiger partial charge in [0.05, 0.1) is 5.69 Å². The first-order chi connectivity index (χ1) is 13.4. The van der Waals surface area contributed by atoms with E-state index in [1.807, 2.05) is 47.6 Å². The number of hydrogen-bond acceptors (Lipinski definition) is 3. The fourth-order valence-corrected chi connectivity index (χ4v) is 3.94. The van der Waals surface area contributed by atoms with Crippen LogP contribution in [-0.2, 0) is 24.3 Å². The van der Waals surface area contributed by atoms with Gasteiger partial charge < -0.3 is 9.47 Å². The molecule has 4 rings (SSSR count). The third kappa shape index (κ3) is 3.47. The fraction of sp³-hybridized carbons (Fsp3) is 0.286. The van der Waals surface area contributed by atoms with Crippen molar-refractivity contribution in [1.29, 1.82) is 0 Å². The summed E-state index contributed by atoms with van der Waals surface area (Å²) in [5.41, 5.74) is 5.42. The van der Waals surface area contributed by atoms with E-state index >= 15 is 0 Å². The Balaban J connectivity index is 1.58. The lowest BCUT2D eigenvalue weighted by Crippen LogP contribution is -2.38. The molecule has 3 heterocycles. The maximum Gasteiger partial charge on any atom is 0.242 e. The summed E-state index contributed by atoms with van der Waals surface area (Å²) in [5, 5.41) is 8.22. The normalized spacial score (nSPS) is 13.5. The number of carbonyl (C=O) groups excluding carboxylic acids is 1. The van der Waals surface area contributed by atoms with Crippen molar-refractivity contribution in [3.8, 4) is 11.3 Å². The Hall–Kier alpha value is -2.86. The Morgan fingerprint density at radius 2 is 1.96 bits per heavy atom. The first-order valence-electron chi connectivity index (χ1n) is 9.20. The number of aromatic amines is 1. The number of carbonyl (C=O) groups is 1. The first kappa shape index (κ1) is 18.5. The van der Waals surface area contributed by atoms with E-state index in [4.69, 9.17) is 11.6 Å². The van der Waals surface area contributed by atoms with Crippen LogP contribution in [0.3, 0.4) is 0 Å². The van der Waals surface area contributed by atoms with Crippen LogP contribution in [0, 0.1) is 13.8 Å². The van der Waals surface area contributed by atoms with E-state index in [2.05, 4.69) is 10.2 Å². The van der Waals surface area contributed by atoms with Crippen molar-refractivity contribution in [2.24, 2.45) is 0 Å². The number of halogens is 1. The summed E-state index contributed by atoms with van der Waals surface area (Å²) in [6.07, 6.45) is 0.733. The van der Waals surface area contributed by atoms with Gasteiger partial charge in [-0.25, -0.2) is 0 Å². The Bertz CT molecular complexity index is 1090. The van der Waals surface area contributed by atoms with E-state index in [0.29, 0.717) is 18.1 Å². The van der Waals surface area contributed by atoms with E-state index in [1.165, 1.54) is 0 Å². The summed E-state index contributed by atoms with van der Waals surface area (Å²) < 4.78 is 1.88. The predicted molar refractivity (Wildman–Crippen MR) is 108 cm³/mol. The Morgan fingerprint density at radius 1 is 1.21 bits per heavy atom. The van der Waals surface area contributed by atoms with E-state index in [1.54, 1.807) is 12.1 Å². The predicted octanol–water partition coefficient (Wildman–Crippen LogP) is 3.09. The van der Waals surface area contributed by atoms with Gasteiger partial charge in [-0.2, -0.15) is 5.10 Å². The molecule has 0 atom stereocenters. The number of H-pyrrole nitrogens is 1. The Morgan fingerprint density at radius 3 is 2.68 bits per heavy atom. The number of rotatable bonds is 3. The number of benzene rings is 1. The number of hydrogen-bond donors (Lipinski definition) is 1. The molecule has 1 aromatic carbocycles. The van der Waals surface area contributed by atoms with Gasteiger partial charge >= 0.3 is 0 Å². The maximum atomic E-state index is 13.0. The summed E-state index contributed by atoms with van der Waals surface area (Å²) in [6, 6.07) is 10.7. The average Bonchev–Trinajstić information content (AvgIpc) is 3.07. The average molecular weight is 397 g/mol. The van der Waals surface area contributed by atoms with Gasteiger partial charge in [0.1, 0.15) is 6.54 Å². The maximum absolute atomic E-state index is 13.0. The monoisotopic (exact) mass is 396 g/mol. The van der Waals surface area contributed by atoms with Crippen LogP contribution < -0.4 is 5.43 Å². The van der Waals surface area contributed by atoms with Crippen LogP contribution in [0.2, 0.25) is 5.02 Å². The van der Waals surface area contributed by atoms with Crippen molar-refractivity contribution in [2.45, 2.75) is 33.4 Å². The zero-order chi connectivity index (χ0) is 19.8. The van der Waals surface area contributed by atoms with Crippen molar-refractivity contribution in [2.75, 3.05) is 6.54 Å². The van der Waals surface area contributed by atoms with Crippen LogP contribution >= 0.6 is 11.6 Å². The molecule has 0 fully saturated rings. The van der Waals surface area contributed by atoms with Crippen molar-refractivity contribution in [3.05, 3.63) is 74.3 Å². The van der Waals surface area contributed by atoms with Crippen LogP contribution in [0.1, 0.15) is 22.6 Å². The largest absolute Gasteiger partial charge is 0.340 e. The van der Waals surface area contributed by atoms with Crippen LogP contribution in [0.15, 0.2) is 41.2 Å². The molecule has 0 spiro atoms. The minimum absolute atomic E-state index is 0.0266. The molecular formula is C21H21ClN4O2. The molecule has 28 heavy (non-hydrogen) atoms. The van der Waals surface area contributed by atoms with Gasteiger partial charge in [0.15, 0.2) is 5.43 Å². The molecule has 0 bridgehead atoms. The molecule has 144 valence electrons. The van der Waals surface area contributed by atoms with Crippen LogP contribution in [0.5, 0.6) is 0 Å². The molecule has 0 aliphatic carbocycles. The molecule has 1 N–H and O–H groups in total. The Kier molecular flexibility index (Phi) is 4.81. The number of nitrogens with one attached hydrogen (secondary N) is 1. The zero-order valence-corrected chi connectivity index (χ0v) is 16.6. The standard InChI is InChI=1S/C21H21ClN4O2/c1-13-8-17(27)9-14(2)26(13)12-20(28)25-7-6-19-18(11-25)21(24-23-19)15-4-3-5-16(22)10-15/h3-5,8-10H,6-7,11-12H2,1-2H3,(H,23,24). The second-order valence-corrected chi connectivity index (χ2v) is 7.60. The van der Waals surface area contributed by atoms with Crippen LogP contribution in [0.4, 0.5) is 0 Å². The number of fused-ring (bicyclic) bond motifs is 1. The molecule has 2 aromatic heterocycles. The SMILES string of the molecule is Cc1cc(=O)cc(C)n1CC(=O)N1CCc2[nH]nc(-c3cccc(Cl)c3)c2C1. The van der Waals surface area contributed by atoms with Gasteiger partial charge in [-0.05, 0) is 26.0 Å². The van der Waals surface area contributed by atoms with Gasteiger partial charge in [0.2, 0.25) is 5.91 Å². The third-order valence-electron chi connectivity index (χ3n) is 5.23. The third-order valence-corrected chi connectivity index (χ3v) is 5.47. The van der Waals surface area contributed by atoms with E-state index in [9.17, 15) is 9.59 Å². The number of aromatic nitrogens is 3. The fourth-order valence-electron chi connectivity index (χ4n) is 3.75. The zero-order valence-electron chi connectivity index (χ0n) is 15.8. The van der Waals surface area contributed by atoms with E-state index in [0.717, 1.165) is 40.3 Å². The van der Waals surface area contributed by atoms with Crippen molar-refractivity contribution < 1.29 is 4.79 Å². The second kappa shape index (κ2) is 7.28. The molecule has 0 radical (unpaired) electrons. The number of amides is 1. The van der Waals surface area contributed by atoms with Crippen LogP contribution in [0.25, 0.3) is 11.3 Å². The van der Waals surface area contributed by atoms with Gasteiger partial charge in [-0.3, -0.25) is 14.7 Å². The van der Waals surface area contributed by atoms with Gasteiger partial charge in [0.25, 0.3) is 0 Å². The van der Waals surface area contributed by atoms with Gasteiger partial charge in [0, 0.05) is 64.9 Å². The summed E-state index contributed by atoms with van der Waals surface area (Å²) >= 11 is 6.13. The number of nitrogens with zero attached hydrogens (tertiary/aromatic N) is 3. The first-order valence-corrected chi connectivity index (χ1v) is 9.58. The molecule has 0 saturated carbocycles. The minimum atomic E-state index is -0.0362. The molecule has 1 amide bonds. The van der Waals surface area contributed by atoms with Crippen molar-refractivity contribution in [3.63, 3.8) is 0 Å². The summed E-state index contributed by atoms with van der Waals surface area (Å²) in [6.45, 7) is 5.07. The smallest absolute Gasteiger partial charge is 0.242 e. The number of aryl methyl sites for hydroxylation is 2. The molecule has 1 aliphatic rings. The van der Waals surface area contributed by atoms with E-state index in [-0.39, 0.29) is 17.9 Å². The molecule has 7 heteroatoms. The lowest BCUT2D eigenvalue weighted by atomic mass is 10.0. The minimum Gasteiger partial charge on any atom is -0.340 e. The molecule has 3 aromatic rings. The highest BCUT2D eigenvalue weighted by atomic mass is 35.5. The molecule has 1 aliphatic heterocycles. The molecular weight excluding hydrogens is 376 g/mol.